The second-order valence-electron chi connectivity index (χ2n) is 6.01. The van der Waals surface area contributed by atoms with Crippen molar-refractivity contribution in [3.05, 3.63) is 65.7 Å². The summed E-state index contributed by atoms with van der Waals surface area (Å²) in [7, 11) is 0. The molecule has 1 N–H and O–H groups in total. The number of amides is 1. The molecule has 0 spiro atoms. The van der Waals surface area contributed by atoms with Crippen LogP contribution >= 0.6 is 11.8 Å². The molecule has 0 radical (unpaired) electrons. The van der Waals surface area contributed by atoms with Gasteiger partial charge in [-0.05, 0) is 37.1 Å². The summed E-state index contributed by atoms with van der Waals surface area (Å²) in [4.78, 5) is 16.7. The molecule has 1 heterocycles. The van der Waals surface area contributed by atoms with E-state index in [-0.39, 0.29) is 11.7 Å². The Hall–Kier alpha value is -2.86. The quantitative estimate of drug-likeness (QED) is 0.378. The number of aromatic nitrogens is 2. The van der Waals surface area contributed by atoms with Crippen LogP contribution in [0.25, 0.3) is 17.1 Å². The van der Waals surface area contributed by atoms with E-state index in [0.29, 0.717) is 0 Å². The molecular weight excluding hydrogens is 356 g/mol. The molecule has 0 unspecified atom stereocenters. The maximum atomic E-state index is 12.1. The summed E-state index contributed by atoms with van der Waals surface area (Å²) in [6.07, 6.45) is 3.66. The Kier molecular flexibility index (Phi) is 6.44. The van der Waals surface area contributed by atoms with Crippen molar-refractivity contribution >= 4 is 41.0 Å². The molecule has 3 aromatic rings. The van der Waals surface area contributed by atoms with Gasteiger partial charge in [-0.1, -0.05) is 60.3 Å². The second-order valence-corrected chi connectivity index (χ2v) is 6.95. The Morgan fingerprint density at radius 2 is 1.93 bits per heavy atom. The number of benzene rings is 2. The highest BCUT2D eigenvalue weighted by Gasteiger charge is 2.11. The molecule has 6 heteroatoms. The van der Waals surface area contributed by atoms with E-state index in [2.05, 4.69) is 27.0 Å². The van der Waals surface area contributed by atoms with E-state index >= 15 is 0 Å². The zero-order valence-electron chi connectivity index (χ0n) is 15.4. The van der Waals surface area contributed by atoms with Crippen molar-refractivity contribution in [2.75, 3.05) is 5.75 Å². The minimum absolute atomic E-state index is 0.154. The third-order valence-electron chi connectivity index (χ3n) is 3.92. The summed E-state index contributed by atoms with van der Waals surface area (Å²) in [5.74, 6) is 0.112. The van der Waals surface area contributed by atoms with Crippen molar-refractivity contribution in [3.8, 4) is 0 Å². The van der Waals surface area contributed by atoms with Crippen LogP contribution in [0.15, 0.2) is 70.4 Å². The Morgan fingerprint density at radius 1 is 1.19 bits per heavy atom. The normalized spacial score (nSPS) is 12.0. The molecule has 0 atom stereocenters. The molecule has 2 aromatic carbocycles. The van der Waals surface area contributed by atoms with Gasteiger partial charge in [-0.25, -0.2) is 10.4 Å². The minimum Gasteiger partial charge on any atom is -0.319 e. The van der Waals surface area contributed by atoms with E-state index in [1.807, 2.05) is 67.6 Å². The van der Waals surface area contributed by atoms with Gasteiger partial charge in [0.05, 0.1) is 23.0 Å². The predicted octanol–water partition coefficient (Wildman–Crippen LogP) is 4.35. The first-order chi connectivity index (χ1) is 13.2. The zero-order valence-corrected chi connectivity index (χ0v) is 16.2. The number of hydrazone groups is 1. The minimum atomic E-state index is -0.154. The van der Waals surface area contributed by atoms with Crippen LogP contribution in [0.1, 0.15) is 19.4 Å². The monoisotopic (exact) mass is 378 g/mol. The smallest absolute Gasteiger partial charge is 0.250 e. The van der Waals surface area contributed by atoms with Crippen LogP contribution < -0.4 is 5.43 Å². The standard InChI is InChI=1S/C21H22N4OS/c1-3-25-19-12-8-7-11-18(19)23-21(25)27-15-20(26)24-22-14-16(2)13-17-9-5-4-6-10-17/h4-14H,3,15H2,1-2H3,(H,24,26)/b16-13-,22-14+. The fraction of sp³-hybridized carbons (Fsp3) is 0.190. The predicted molar refractivity (Wildman–Crippen MR) is 113 cm³/mol. The Balaban J connectivity index is 1.55. The first-order valence-electron chi connectivity index (χ1n) is 8.80. The molecule has 0 fully saturated rings. The van der Waals surface area contributed by atoms with E-state index in [9.17, 15) is 4.79 Å². The van der Waals surface area contributed by atoms with Crippen molar-refractivity contribution in [1.29, 1.82) is 0 Å². The van der Waals surface area contributed by atoms with Crippen LogP contribution in [0, 0.1) is 0 Å². The number of allylic oxidation sites excluding steroid dienone is 1. The van der Waals surface area contributed by atoms with Crippen molar-refractivity contribution in [3.63, 3.8) is 0 Å². The van der Waals surface area contributed by atoms with Crippen LogP contribution in [-0.4, -0.2) is 27.4 Å². The number of aryl methyl sites for hydroxylation is 1. The number of nitrogens with zero attached hydrogens (tertiary/aromatic N) is 3. The lowest BCUT2D eigenvalue weighted by Gasteiger charge is -2.04. The lowest BCUT2D eigenvalue weighted by Crippen LogP contribution is -2.20. The first-order valence-corrected chi connectivity index (χ1v) is 9.79. The molecule has 1 amide bonds. The number of imidazole rings is 1. The van der Waals surface area contributed by atoms with E-state index in [1.54, 1.807) is 6.21 Å². The fourth-order valence-corrected chi connectivity index (χ4v) is 3.56. The third-order valence-corrected chi connectivity index (χ3v) is 4.90. The van der Waals surface area contributed by atoms with Crippen LogP contribution in [-0.2, 0) is 11.3 Å². The SMILES string of the molecule is CCn1c(SCC(=O)N/N=C/C(C)=C\c2ccccc2)nc2ccccc21. The van der Waals surface area contributed by atoms with Crippen molar-refractivity contribution in [1.82, 2.24) is 15.0 Å². The van der Waals surface area contributed by atoms with Gasteiger partial charge in [0.2, 0.25) is 0 Å². The van der Waals surface area contributed by atoms with Gasteiger partial charge in [-0.2, -0.15) is 5.10 Å². The number of carbonyl (C=O) groups is 1. The van der Waals surface area contributed by atoms with Gasteiger partial charge in [0, 0.05) is 6.54 Å². The highest BCUT2D eigenvalue weighted by molar-refractivity contribution is 7.99. The zero-order chi connectivity index (χ0) is 19.1. The van der Waals surface area contributed by atoms with Crippen LogP contribution in [0.4, 0.5) is 0 Å². The summed E-state index contributed by atoms with van der Waals surface area (Å²) >= 11 is 1.42. The average molecular weight is 379 g/mol. The van der Waals surface area contributed by atoms with E-state index in [4.69, 9.17) is 0 Å². The van der Waals surface area contributed by atoms with E-state index in [1.165, 1.54) is 11.8 Å². The van der Waals surface area contributed by atoms with E-state index in [0.717, 1.165) is 33.9 Å². The summed E-state index contributed by atoms with van der Waals surface area (Å²) in [5.41, 5.74) is 6.66. The number of hydrogen-bond acceptors (Lipinski definition) is 4. The van der Waals surface area contributed by atoms with Crippen LogP contribution in [0.5, 0.6) is 0 Å². The Bertz CT molecular complexity index is 976. The van der Waals surface area contributed by atoms with Crippen molar-refractivity contribution < 1.29 is 4.79 Å². The summed E-state index contributed by atoms with van der Waals surface area (Å²) in [5, 5.41) is 4.88. The lowest BCUT2D eigenvalue weighted by atomic mass is 10.1. The number of hydrogen-bond donors (Lipinski definition) is 1. The first kappa shape index (κ1) is 18.9. The Labute approximate surface area is 163 Å². The lowest BCUT2D eigenvalue weighted by molar-refractivity contribution is -0.118. The maximum Gasteiger partial charge on any atom is 0.250 e. The molecule has 0 aliphatic heterocycles. The van der Waals surface area contributed by atoms with Gasteiger partial charge in [0.25, 0.3) is 5.91 Å². The molecule has 138 valence electrons. The molecule has 0 bridgehead atoms. The molecule has 5 nitrogen and oxygen atoms in total. The van der Waals surface area contributed by atoms with Crippen LogP contribution in [0.3, 0.4) is 0 Å². The molecule has 0 aliphatic carbocycles. The van der Waals surface area contributed by atoms with E-state index < -0.39 is 0 Å². The van der Waals surface area contributed by atoms with Crippen molar-refractivity contribution in [2.24, 2.45) is 5.10 Å². The molecule has 3 rings (SSSR count). The number of rotatable bonds is 7. The molecule has 27 heavy (non-hydrogen) atoms. The molecule has 0 saturated heterocycles. The Morgan fingerprint density at radius 3 is 2.70 bits per heavy atom. The number of thioether (sulfide) groups is 1. The average Bonchev–Trinajstić information content (AvgIpc) is 3.04. The van der Waals surface area contributed by atoms with Crippen LogP contribution in [0.2, 0.25) is 0 Å². The topological polar surface area (TPSA) is 59.3 Å². The largest absolute Gasteiger partial charge is 0.319 e. The molecule has 0 saturated carbocycles. The van der Waals surface area contributed by atoms with Gasteiger partial charge in [-0.3, -0.25) is 4.79 Å². The molecule has 0 aliphatic rings. The van der Waals surface area contributed by atoms with Crippen molar-refractivity contribution in [2.45, 2.75) is 25.5 Å². The second kappa shape index (κ2) is 9.19. The maximum absolute atomic E-state index is 12.1. The highest BCUT2D eigenvalue weighted by atomic mass is 32.2. The molecule has 1 aromatic heterocycles. The number of nitrogens with one attached hydrogen (secondary N) is 1. The summed E-state index contributed by atoms with van der Waals surface area (Å²) in [6.45, 7) is 4.83. The number of fused-ring (bicyclic) bond motifs is 1. The third kappa shape index (κ3) is 5.08. The van der Waals surface area contributed by atoms with Gasteiger partial charge in [-0.15, -0.1) is 0 Å². The van der Waals surface area contributed by atoms with Gasteiger partial charge < -0.3 is 4.57 Å². The highest BCUT2D eigenvalue weighted by Crippen LogP contribution is 2.23. The summed E-state index contributed by atoms with van der Waals surface area (Å²) in [6, 6.07) is 18.0. The molecular formula is C21H22N4OS. The van der Waals surface area contributed by atoms with Gasteiger partial charge in [0.1, 0.15) is 0 Å². The number of carbonyl (C=O) groups excluding carboxylic acids is 1. The summed E-state index contributed by atoms with van der Waals surface area (Å²) < 4.78 is 2.11. The fourth-order valence-electron chi connectivity index (χ4n) is 2.69. The number of para-hydroxylation sites is 2. The van der Waals surface area contributed by atoms with Gasteiger partial charge in [0.15, 0.2) is 5.16 Å². The van der Waals surface area contributed by atoms with Gasteiger partial charge >= 0.3 is 0 Å².